The van der Waals surface area contributed by atoms with E-state index in [4.69, 9.17) is 18.9 Å². The lowest BCUT2D eigenvalue weighted by atomic mass is 9.74. The molecule has 2 heterocycles. The Bertz CT molecular complexity index is 1150. The first-order valence-corrected chi connectivity index (χ1v) is 14.4. The summed E-state index contributed by atoms with van der Waals surface area (Å²) in [5, 5.41) is 0. The van der Waals surface area contributed by atoms with Gasteiger partial charge in [-0.25, -0.2) is 4.98 Å². The summed E-state index contributed by atoms with van der Waals surface area (Å²) in [5.74, 6) is 2.86. The zero-order chi connectivity index (χ0) is 27.0. The van der Waals surface area contributed by atoms with Crippen molar-refractivity contribution < 1.29 is 18.9 Å². The van der Waals surface area contributed by atoms with Crippen LogP contribution in [0.1, 0.15) is 62.1 Å². The van der Waals surface area contributed by atoms with Gasteiger partial charge in [-0.1, -0.05) is 18.2 Å². The molecule has 2 aliphatic rings. The number of fused-ring (bicyclic) bond motifs is 1. The van der Waals surface area contributed by atoms with Crippen molar-refractivity contribution in [2.45, 2.75) is 63.7 Å². The predicted octanol–water partition coefficient (Wildman–Crippen LogP) is 6.25. The van der Waals surface area contributed by atoms with Gasteiger partial charge in [0.15, 0.2) is 0 Å². The van der Waals surface area contributed by atoms with Crippen LogP contribution < -0.4 is 14.4 Å². The van der Waals surface area contributed by atoms with E-state index >= 15 is 0 Å². The maximum Gasteiger partial charge on any atom is 0.142 e. The highest BCUT2D eigenvalue weighted by molar-refractivity contribution is 5.61. The second-order valence-corrected chi connectivity index (χ2v) is 11.0. The standard InChI is InChI=1S/C32H43N3O4/c1-24(35-15-13-33-23-35)19-25-5-11-31(29(20-25)27-7-9-28(37-3)10-8-27)39-22-26-6-12-32-30(21-26)34(16-18-38-32)14-4-17-36-2/h6-10,12-13,15,21,23-25,29,31H,4-5,11,14,16-20,22H2,1-3H3/t24-,25-,29+,31-/m0/s1. The van der Waals surface area contributed by atoms with Crippen LogP contribution >= 0.6 is 0 Å². The van der Waals surface area contributed by atoms with Crippen LogP contribution in [-0.4, -0.2) is 56.2 Å². The number of hydrogen-bond donors (Lipinski definition) is 0. The van der Waals surface area contributed by atoms with Gasteiger partial charge >= 0.3 is 0 Å². The largest absolute Gasteiger partial charge is 0.497 e. The summed E-state index contributed by atoms with van der Waals surface area (Å²) in [4.78, 5) is 6.66. The number of rotatable bonds is 12. The fourth-order valence-electron chi connectivity index (χ4n) is 6.22. The Balaban J connectivity index is 1.27. The van der Waals surface area contributed by atoms with Crippen molar-refractivity contribution in [3.05, 3.63) is 72.3 Å². The first kappa shape index (κ1) is 27.5. The second-order valence-electron chi connectivity index (χ2n) is 11.0. The number of methoxy groups -OCH3 is 2. The van der Waals surface area contributed by atoms with Gasteiger partial charge in [-0.15, -0.1) is 0 Å². The van der Waals surface area contributed by atoms with E-state index in [2.05, 4.69) is 70.0 Å². The highest BCUT2D eigenvalue weighted by Gasteiger charge is 2.33. The Kier molecular flexibility index (Phi) is 9.43. The molecule has 1 aromatic heterocycles. The van der Waals surface area contributed by atoms with Gasteiger partial charge in [0.05, 0.1) is 38.4 Å². The molecule has 210 valence electrons. The number of ether oxygens (including phenoxy) is 4. The maximum atomic E-state index is 6.72. The number of aromatic nitrogens is 2. The van der Waals surface area contributed by atoms with Crippen LogP contribution in [0, 0.1) is 5.92 Å². The predicted molar refractivity (Wildman–Crippen MR) is 154 cm³/mol. The molecule has 0 bridgehead atoms. The summed E-state index contributed by atoms with van der Waals surface area (Å²) < 4.78 is 25.6. The van der Waals surface area contributed by atoms with E-state index < -0.39 is 0 Å². The van der Waals surface area contributed by atoms with Crippen molar-refractivity contribution in [3.8, 4) is 11.5 Å². The van der Waals surface area contributed by atoms with Crippen LogP contribution in [0.25, 0.3) is 0 Å². The molecule has 2 aromatic carbocycles. The minimum absolute atomic E-state index is 0.184. The lowest BCUT2D eigenvalue weighted by Gasteiger charge is -2.37. The van der Waals surface area contributed by atoms with Crippen molar-refractivity contribution in [2.24, 2.45) is 5.92 Å². The molecule has 0 saturated heterocycles. The van der Waals surface area contributed by atoms with Gasteiger partial charge < -0.3 is 28.4 Å². The van der Waals surface area contributed by atoms with Crippen molar-refractivity contribution in [1.29, 1.82) is 0 Å². The zero-order valence-corrected chi connectivity index (χ0v) is 23.6. The molecular weight excluding hydrogens is 490 g/mol. The topological polar surface area (TPSA) is 58.0 Å². The van der Waals surface area contributed by atoms with Crippen molar-refractivity contribution in [3.63, 3.8) is 0 Å². The third-order valence-electron chi connectivity index (χ3n) is 8.37. The maximum absolute atomic E-state index is 6.72. The molecule has 4 atom stereocenters. The van der Waals surface area contributed by atoms with Crippen LogP contribution in [0.4, 0.5) is 5.69 Å². The van der Waals surface area contributed by atoms with Gasteiger partial charge in [-0.05, 0) is 80.3 Å². The highest BCUT2D eigenvalue weighted by Crippen LogP contribution is 2.42. The lowest BCUT2D eigenvalue weighted by molar-refractivity contribution is -0.0105. The lowest BCUT2D eigenvalue weighted by Crippen LogP contribution is -2.34. The Hall–Kier alpha value is -3.03. The third kappa shape index (κ3) is 6.95. The van der Waals surface area contributed by atoms with Crippen LogP contribution in [0.15, 0.2) is 61.2 Å². The van der Waals surface area contributed by atoms with Crippen LogP contribution in [-0.2, 0) is 16.1 Å². The van der Waals surface area contributed by atoms with E-state index in [1.54, 1.807) is 14.2 Å². The summed E-state index contributed by atoms with van der Waals surface area (Å²) in [6, 6.07) is 15.5. The van der Waals surface area contributed by atoms with Crippen LogP contribution in [0.5, 0.6) is 11.5 Å². The number of hydrogen-bond acceptors (Lipinski definition) is 6. The summed E-state index contributed by atoms with van der Waals surface area (Å²) >= 11 is 0. The Morgan fingerprint density at radius 1 is 1.10 bits per heavy atom. The van der Waals surface area contributed by atoms with Gasteiger partial charge in [0.1, 0.15) is 18.1 Å². The normalized spacial score (nSPS) is 21.7. The van der Waals surface area contributed by atoms with Crippen LogP contribution in [0.2, 0.25) is 0 Å². The molecule has 1 saturated carbocycles. The number of nitrogens with zero attached hydrogens (tertiary/aromatic N) is 3. The van der Waals surface area contributed by atoms with Crippen molar-refractivity contribution >= 4 is 5.69 Å². The molecule has 39 heavy (non-hydrogen) atoms. The Morgan fingerprint density at radius 3 is 2.74 bits per heavy atom. The first-order valence-electron chi connectivity index (χ1n) is 14.4. The number of benzene rings is 2. The van der Waals surface area contributed by atoms with E-state index in [1.165, 1.54) is 23.2 Å². The quantitative estimate of drug-likeness (QED) is 0.257. The van der Waals surface area contributed by atoms with Crippen molar-refractivity contribution in [2.75, 3.05) is 45.4 Å². The fraction of sp³-hybridized carbons (Fsp3) is 0.531. The fourth-order valence-corrected chi connectivity index (χ4v) is 6.22. The molecule has 0 radical (unpaired) electrons. The van der Waals surface area contributed by atoms with E-state index in [0.717, 1.165) is 63.5 Å². The summed E-state index contributed by atoms with van der Waals surface area (Å²) in [6.07, 6.45) is 11.6. The molecule has 1 fully saturated rings. The SMILES string of the molecule is COCCCN1CCOc2ccc(CO[C@H]3CC[C@@H](C[C@H](C)n4ccnc4)C[C@@H]3c3ccc(OC)cc3)cc21. The molecule has 0 amide bonds. The molecular formula is C32H43N3O4. The van der Waals surface area contributed by atoms with E-state index in [9.17, 15) is 0 Å². The molecule has 0 spiro atoms. The second kappa shape index (κ2) is 13.4. The molecule has 1 aliphatic carbocycles. The highest BCUT2D eigenvalue weighted by atomic mass is 16.5. The average Bonchev–Trinajstić information content (AvgIpc) is 3.52. The molecule has 5 rings (SSSR count). The summed E-state index contributed by atoms with van der Waals surface area (Å²) in [5.41, 5.74) is 3.70. The molecule has 7 nitrogen and oxygen atoms in total. The molecule has 3 aromatic rings. The van der Waals surface area contributed by atoms with Gasteiger partial charge in [-0.2, -0.15) is 0 Å². The summed E-state index contributed by atoms with van der Waals surface area (Å²) in [6.45, 7) is 6.27. The van der Waals surface area contributed by atoms with E-state index in [-0.39, 0.29) is 6.10 Å². The number of imidazole rings is 1. The van der Waals surface area contributed by atoms with E-state index in [0.29, 0.717) is 24.5 Å². The average molecular weight is 534 g/mol. The minimum Gasteiger partial charge on any atom is -0.497 e. The molecule has 1 aliphatic heterocycles. The van der Waals surface area contributed by atoms with Crippen molar-refractivity contribution in [1.82, 2.24) is 9.55 Å². The zero-order valence-electron chi connectivity index (χ0n) is 23.6. The van der Waals surface area contributed by atoms with Gasteiger partial charge in [-0.3, -0.25) is 0 Å². The van der Waals surface area contributed by atoms with Gasteiger partial charge in [0.25, 0.3) is 0 Å². The summed E-state index contributed by atoms with van der Waals surface area (Å²) in [7, 11) is 3.48. The van der Waals surface area contributed by atoms with Gasteiger partial charge in [0, 0.05) is 44.6 Å². The van der Waals surface area contributed by atoms with Gasteiger partial charge in [0.2, 0.25) is 0 Å². The smallest absolute Gasteiger partial charge is 0.142 e. The molecule has 0 unspecified atom stereocenters. The van der Waals surface area contributed by atoms with Crippen LogP contribution in [0.3, 0.4) is 0 Å². The monoisotopic (exact) mass is 533 g/mol. The Labute approximate surface area is 233 Å². The molecule has 7 heteroatoms. The number of anilines is 1. The Morgan fingerprint density at radius 2 is 1.97 bits per heavy atom. The third-order valence-corrected chi connectivity index (χ3v) is 8.37. The minimum atomic E-state index is 0.184. The molecule has 0 N–H and O–H groups in total. The first-order chi connectivity index (χ1) is 19.1. The van der Waals surface area contributed by atoms with E-state index in [1.807, 2.05) is 12.5 Å².